The van der Waals surface area contributed by atoms with E-state index in [-0.39, 0.29) is 5.91 Å². The van der Waals surface area contributed by atoms with E-state index in [4.69, 9.17) is 0 Å². The Labute approximate surface area is 111 Å². The first-order valence-corrected chi connectivity index (χ1v) is 7.05. The largest absolute Gasteiger partial charge is 0.339 e. The second kappa shape index (κ2) is 5.67. The molecule has 3 heteroatoms. The van der Waals surface area contributed by atoms with Gasteiger partial charge in [0.1, 0.15) is 0 Å². The normalized spacial score (nSPS) is 15.4. The predicted molar refractivity (Wildman–Crippen MR) is 73.1 cm³/mol. The van der Waals surface area contributed by atoms with E-state index >= 15 is 0 Å². The molecule has 0 aromatic heterocycles. The van der Waals surface area contributed by atoms with Crippen molar-refractivity contribution in [2.75, 3.05) is 13.1 Å². The average Bonchev–Trinajstić information content (AvgIpc) is 2.27. The van der Waals surface area contributed by atoms with Gasteiger partial charge in [-0.2, -0.15) is 0 Å². The van der Waals surface area contributed by atoms with Crippen molar-refractivity contribution in [3.8, 4) is 0 Å². The van der Waals surface area contributed by atoms with Crippen LogP contribution in [0, 0.1) is 5.92 Å². The number of nitrogens with zero attached hydrogens (tertiary/aromatic N) is 1. The lowest BCUT2D eigenvalue weighted by molar-refractivity contribution is 0.0706. The Morgan fingerprint density at radius 2 is 2.24 bits per heavy atom. The molecule has 1 amide bonds. The van der Waals surface area contributed by atoms with Crippen LogP contribution < -0.4 is 0 Å². The lowest BCUT2D eigenvalue weighted by Crippen LogP contribution is -2.37. The molecule has 0 saturated heterocycles. The maximum Gasteiger partial charge on any atom is 0.253 e. The van der Waals surface area contributed by atoms with Gasteiger partial charge in [-0.25, -0.2) is 0 Å². The van der Waals surface area contributed by atoms with Gasteiger partial charge in [-0.3, -0.25) is 4.79 Å². The zero-order chi connectivity index (χ0) is 12.3. The number of hydrogen-bond donors (Lipinski definition) is 0. The van der Waals surface area contributed by atoms with Gasteiger partial charge in [0.2, 0.25) is 0 Å². The van der Waals surface area contributed by atoms with Crippen LogP contribution in [-0.2, 0) is 0 Å². The van der Waals surface area contributed by atoms with Gasteiger partial charge in [0, 0.05) is 23.1 Å². The van der Waals surface area contributed by atoms with E-state index in [1.165, 1.54) is 19.3 Å². The van der Waals surface area contributed by atoms with Gasteiger partial charge >= 0.3 is 0 Å². The summed E-state index contributed by atoms with van der Waals surface area (Å²) in [5, 5.41) is 0. The lowest BCUT2D eigenvalue weighted by atomic mass is 9.85. The Morgan fingerprint density at radius 3 is 2.76 bits per heavy atom. The van der Waals surface area contributed by atoms with E-state index in [2.05, 4.69) is 22.9 Å². The maximum atomic E-state index is 12.3. The number of hydrogen-bond acceptors (Lipinski definition) is 1. The predicted octanol–water partition coefficient (Wildman–Crippen LogP) is 3.71. The van der Waals surface area contributed by atoms with E-state index in [0.717, 1.165) is 29.0 Å². The van der Waals surface area contributed by atoms with Crippen LogP contribution >= 0.6 is 15.9 Å². The Hall–Kier alpha value is -0.830. The molecular weight excluding hydrogens is 278 g/mol. The van der Waals surface area contributed by atoms with Crippen LogP contribution in [0.1, 0.15) is 36.5 Å². The van der Waals surface area contributed by atoms with Crippen molar-refractivity contribution in [1.82, 2.24) is 4.90 Å². The van der Waals surface area contributed by atoms with E-state index in [1.807, 2.05) is 29.2 Å². The quantitative estimate of drug-likeness (QED) is 0.829. The summed E-state index contributed by atoms with van der Waals surface area (Å²) < 4.78 is 0.961. The van der Waals surface area contributed by atoms with Crippen LogP contribution in [0.2, 0.25) is 0 Å². The Balaban J connectivity index is 2.05. The third-order valence-electron chi connectivity index (χ3n) is 3.44. The fourth-order valence-electron chi connectivity index (χ4n) is 2.15. The minimum absolute atomic E-state index is 0.153. The first kappa shape index (κ1) is 12.6. The summed E-state index contributed by atoms with van der Waals surface area (Å²) in [5.41, 5.74) is 0.778. The summed E-state index contributed by atoms with van der Waals surface area (Å²) in [5.74, 6) is 0.881. The molecule has 0 aliphatic heterocycles. The van der Waals surface area contributed by atoms with Crippen molar-refractivity contribution >= 4 is 21.8 Å². The molecule has 0 N–H and O–H groups in total. The number of benzene rings is 1. The van der Waals surface area contributed by atoms with Crippen molar-refractivity contribution in [3.63, 3.8) is 0 Å². The molecule has 2 rings (SSSR count). The second-order valence-electron chi connectivity index (χ2n) is 4.65. The van der Waals surface area contributed by atoms with E-state index in [9.17, 15) is 4.79 Å². The van der Waals surface area contributed by atoms with Crippen LogP contribution in [0.4, 0.5) is 0 Å². The van der Waals surface area contributed by atoms with Crippen molar-refractivity contribution in [2.45, 2.75) is 26.2 Å². The van der Waals surface area contributed by atoms with Crippen molar-refractivity contribution in [2.24, 2.45) is 5.92 Å². The zero-order valence-electron chi connectivity index (χ0n) is 10.2. The summed E-state index contributed by atoms with van der Waals surface area (Å²) in [6.45, 7) is 3.76. The number of carbonyl (C=O) groups is 1. The van der Waals surface area contributed by atoms with Crippen LogP contribution in [0.15, 0.2) is 28.7 Å². The lowest BCUT2D eigenvalue weighted by Gasteiger charge is -2.31. The van der Waals surface area contributed by atoms with E-state index < -0.39 is 0 Å². The van der Waals surface area contributed by atoms with E-state index in [1.54, 1.807) is 0 Å². The summed E-state index contributed by atoms with van der Waals surface area (Å²) in [6, 6.07) is 7.63. The first-order chi connectivity index (χ1) is 8.20. The summed E-state index contributed by atoms with van der Waals surface area (Å²) >= 11 is 3.41. The van der Waals surface area contributed by atoms with Crippen LogP contribution in [0.3, 0.4) is 0 Å². The third kappa shape index (κ3) is 3.09. The zero-order valence-corrected chi connectivity index (χ0v) is 11.7. The molecule has 1 aromatic rings. The number of carbonyl (C=O) groups excluding carboxylic acids is 1. The highest BCUT2D eigenvalue weighted by Gasteiger charge is 2.23. The molecule has 0 unspecified atom stereocenters. The Kier molecular flexibility index (Phi) is 4.21. The van der Waals surface area contributed by atoms with Crippen LogP contribution in [0.5, 0.6) is 0 Å². The van der Waals surface area contributed by atoms with E-state index in [0.29, 0.717) is 0 Å². The maximum absolute atomic E-state index is 12.3. The molecule has 1 aliphatic carbocycles. The van der Waals surface area contributed by atoms with Gasteiger partial charge in [0.25, 0.3) is 5.91 Å². The van der Waals surface area contributed by atoms with Gasteiger partial charge in [-0.05, 0) is 43.9 Å². The number of halogens is 1. The summed E-state index contributed by atoms with van der Waals surface area (Å²) in [4.78, 5) is 14.3. The van der Waals surface area contributed by atoms with Gasteiger partial charge < -0.3 is 4.90 Å². The smallest absolute Gasteiger partial charge is 0.253 e. The monoisotopic (exact) mass is 295 g/mol. The highest BCUT2D eigenvalue weighted by molar-refractivity contribution is 9.10. The number of rotatable bonds is 4. The molecule has 2 nitrogen and oxygen atoms in total. The van der Waals surface area contributed by atoms with Crippen molar-refractivity contribution < 1.29 is 4.79 Å². The topological polar surface area (TPSA) is 20.3 Å². The Bertz CT molecular complexity index is 401. The number of amides is 1. The minimum Gasteiger partial charge on any atom is -0.339 e. The van der Waals surface area contributed by atoms with Gasteiger partial charge in [0.15, 0.2) is 0 Å². The molecular formula is C14H18BrNO. The fourth-order valence-corrected chi connectivity index (χ4v) is 2.55. The molecule has 1 aliphatic rings. The van der Waals surface area contributed by atoms with Gasteiger partial charge in [-0.1, -0.05) is 28.4 Å². The molecule has 1 saturated carbocycles. The van der Waals surface area contributed by atoms with Crippen molar-refractivity contribution in [3.05, 3.63) is 34.3 Å². The van der Waals surface area contributed by atoms with Crippen LogP contribution in [0.25, 0.3) is 0 Å². The van der Waals surface area contributed by atoms with Crippen molar-refractivity contribution in [1.29, 1.82) is 0 Å². The van der Waals surface area contributed by atoms with Gasteiger partial charge in [-0.15, -0.1) is 0 Å². The highest BCUT2D eigenvalue weighted by Crippen LogP contribution is 2.27. The molecule has 0 heterocycles. The molecule has 0 bridgehead atoms. The molecule has 1 fully saturated rings. The molecule has 0 atom stereocenters. The standard InChI is InChI=1S/C14H18BrNO/c1-2-16(10-11-5-3-6-11)14(17)12-7-4-8-13(15)9-12/h4,7-9,11H,2-3,5-6,10H2,1H3. The molecule has 0 spiro atoms. The molecule has 92 valence electrons. The average molecular weight is 296 g/mol. The fraction of sp³-hybridized carbons (Fsp3) is 0.500. The van der Waals surface area contributed by atoms with Crippen LogP contribution in [-0.4, -0.2) is 23.9 Å². The molecule has 0 radical (unpaired) electrons. The molecule has 1 aromatic carbocycles. The van der Waals surface area contributed by atoms with Gasteiger partial charge in [0.05, 0.1) is 0 Å². The second-order valence-corrected chi connectivity index (χ2v) is 5.57. The summed E-state index contributed by atoms with van der Waals surface area (Å²) in [6.07, 6.45) is 3.89. The minimum atomic E-state index is 0.153. The third-order valence-corrected chi connectivity index (χ3v) is 3.94. The summed E-state index contributed by atoms with van der Waals surface area (Å²) in [7, 11) is 0. The SMILES string of the molecule is CCN(CC1CCC1)C(=O)c1cccc(Br)c1. The first-order valence-electron chi connectivity index (χ1n) is 6.25. The highest BCUT2D eigenvalue weighted by atomic mass is 79.9. The Morgan fingerprint density at radius 1 is 1.47 bits per heavy atom. The molecule has 17 heavy (non-hydrogen) atoms.